The molecule has 0 amide bonds. The van der Waals surface area contributed by atoms with E-state index in [2.05, 4.69) is 47.6 Å². The van der Waals surface area contributed by atoms with E-state index in [1.54, 1.807) is 11.3 Å². The number of nitrogens with one attached hydrogen (secondary N) is 1. The first-order valence-electron chi connectivity index (χ1n) is 6.26. The van der Waals surface area contributed by atoms with Gasteiger partial charge in [-0.15, -0.1) is 10.2 Å². The number of rotatable bonds is 5. The van der Waals surface area contributed by atoms with E-state index in [0.717, 1.165) is 29.4 Å². The van der Waals surface area contributed by atoms with E-state index < -0.39 is 0 Å². The van der Waals surface area contributed by atoms with Crippen LogP contribution in [-0.2, 0) is 6.42 Å². The van der Waals surface area contributed by atoms with Crippen LogP contribution in [0.25, 0.3) is 10.6 Å². The molecule has 1 heterocycles. The highest BCUT2D eigenvalue weighted by atomic mass is 32.1. The summed E-state index contributed by atoms with van der Waals surface area (Å²) in [5, 5.41) is 13.9. The first-order chi connectivity index (χ1) is 8.72. The van der Waals surface area contributed by atoms with Crippen LogP contribution in [0.2, 0.25) is 0 Å². The third-order valence-corrected chi connectivity index (χ3v) is 4.14. The predicted octanol–water partition coefficient (Wildman–Crippen LogP) is 2.97. The summed E-state index contributed by atoms with van der Waals surface area (Å²) in [7, 11) is 1.97. The summed E-state index contributed by atoms with van der Waals surface area (Å²) in [5.41, 5.74) is 3.82. The highest BCUT2D eigenvalue weighted by Crippen LogP contribution is 2.28. The van der Waals surface area contributed by atoms with E-state index in [1.807, 2.05) is 7.05 Å². The molecule has 0 radical (unpaired) electrons. The molecule has 0 saturated carbocycles. The minimum absolute atomic E-state index is 1.00. The molecule has 0 atom stereocenters. The van der Waals surface area contributed by atoms with Crippen molar-refractivity contribution in [3.8, 4) is 10.6 Å². The lowest BCUT2D eigenvalue weighted by atomic mass is 10.0. The van der Waals surface area contributed by atoms with Gasteiger partial charge in [0.1, 0.15) is 10.0 Å². The first kappa shape index (κ1) is 13.2. The molecule has 1 aromatic carbocycles. The van der Waals surface area contributed by atoms with Crippen LogP contribution >= 0.6 is 11.3 Å². The summed E-state index contributed by atoms with van der Waals surface area (Å²) in [6.07, 6.45) is 2.11. The molecule has 3 nitrogen and oxygen atoms in total. The van der Waals surface area contributed by atoms with Crippen molar-refractivity contribution in [2.75, 3.05) is 13.6 Å². The van der Waals surface area contributed by atoms with Gasteiger partial charge in [0.15, 0.2) is 0 Å². The molecule has 0 fully saturated rings. The average Bonchev–Trinajstić information content (AvgIpc) is 2.82. The number of hydrogen-bond donors (Lipinski definition) is 1. The number of aromatic nitrogens is 2. The smallest absolute Gasteiger partial charge is 0.148 e. The summed E-state index contributed by atoms with van der Waals surface area (Å²) in [5.74, 6) is 0. The van der Waals surface area contributed by atoms with Crippen LogP contribution in [-0.4, -0.2) is 23.8 Å². The molecule has 4 heteroatoms. The minimum Gasteiger partial charge on any atom is -0.320 e. The van der Waals surface area contributed by atoms with Crippen LogP contribution in [0.5, 0.6) is 0 Å². The van der Waals surface area contributed by atoms with Crippen molar-refractivity contribution in [2.45, 2.75) is 26.7 Å². The minimum atomic E-state index is 1.00. The maximum Gasteiger partial charge on any atom is 0.148 e. The molecule has 0 spiro atoms. The van der Waals surface area contributed by atoms with Gasteiger partial charge in [-0.05, 0) is 45.0 Å². The van der Waals surface area contributed by atoms with E-state index in [1.165, 1.54) is 16.7 Å². The Labute approximate surface area is 112 Å². The zero-order chi connectivity index (χ0) is 13.0. The molecule has 0 aliphatic rings. The van der Waals surface area contributed by atoms with Gasteiger partial charge in [0.25, 0.3) is 0 Å². The van der Waals surface area contributed by atoms with Gasteiger partial charge in [0.2, 0.25) is 0 Å². The van der Waals surface area contributed by atoms with Crippen molar-refractivity contribution in [3.05, 3.63) is 34.3 Å². The molecule has 0 unspecified atom stereocenters. The molecular weight excluding hydrogens is 242 g/mol. The largest absolute Gasteiger partial charge is 0.320 e. The fraction of sp³-hybridized carbons (Fsp3) is 0.429. The molecule has 18 heavy (non-hydrogen) atoms. The molecule has 0 aliphatic carbocycles. The summed E-state index contributed by atoms with van der Waals surface area (Å²) in [4.78, 5) is 0. The normalized spacial score (nSPS) is 10.8. The van der Waals surface area contributed by atoms with E-state index in [9.17, 15) is 0 Å². The van der Waals surface area contributed by atoms with Crippen LogP contribution in [0.3, 0.4) is 0 Å². The Balaban J connectivity index is 2.16. The Morgan fingerprint density at radius 3 is 2.83 bits per heavy atom. The average molecular weight is 261 g/mol. The van der Waals surface area contributed by atoms with Crippen molar-refractivity contribution < 1.29 is 0 Å². The second-order valence-corrected chi connectivity index (χ2v) is 5.52. The predicted molar refractivity (Wildman–Crippen MR) is 77.1 cm³/mol. The zero-order valence-electron chi connectivity index (χ0n) is 11.2. The molecule has 0 aliphatic heterocycles. The van der Waals surface area contributed by atoms with Crippen molar-refractivity contribution in [3.63, 3.8) is 0 Å². The molecule has 2 aromatic rings. The van der Waals surface area contributed by atoms with E-state index in [4.69, 9.17) is 0 Å². The van der Waals surface area contributed by atoms with Gasteiger partial charge < -0.3 is 5.32 Å². The van der Waals surface area contributed by atoms with Gasteiger partial charge in [-0.1, -0.05) is 29.5 Å². The summed E-state index contributed by atoms with van der Waals surface area (Å²) in [6, 6.07) is 6.34. The highest BCUT2D eigenvalue weighted by molar-refractivity contribution is 7.14. The topological polar surface area (TPSA) is 37.8 Å². The van der Waals surface area contributed by atoms with Crippen LogP contribution in [0.15, 0.2) is 18.2 Å². The first-order valence-corrected chi connectivity index (χ1v) is 7.07. The van der Waals surface area contributed by atoms with Crippen LogP contribution in [0.4, 0.5) is 0 Å². The maximum atomic E-state index is 4.32. The second kappa shape index (κ2) is 6.07. The lowest BCUT2D eigenvalue weighted by Gasteiger charge is -2.04. The van der Waals surface area contributed by atoms with Crippen molar-refractivity contribution in [2.24, 2.45) is 0 Å². The number of hydrogen-bond acceptors (Lipinski definition) is 4. The lowest BCUT2D eigenvalue weighted by Crippen LogP contribution is -2.08. The van der Waals surface area contributed by atoms with Crippen molar-refractivity contribution in [1.82, 2.24) is 15.5 Å². The van der Waals surface area contributed by atoms with Crippen LogP contribution < -0.4 is 5.32 Å². The van der Waals surface area contributed by atoms with Gasteiger partial charge in [-0.25, -0.2) is 0 Å². The van der Waals surface area contributed by atoms with Gasteiger partial charge in [0, 0.05) is 12.0 Å². The zero-order valence-corrected chi connectivity index (χ0v) is 12.0. The Bertz CT molecular complexity index is 520. The third kappa shape index (κ3) is 2.94. The van der Waals surface area contributed by atoms with Crippen LogP contribution in [0.1, 0.15) is 22.6 Å². The highest BCUT2D eigenvalue weighted by Gasteiger charge is 2.09. The quantitative estimate of drug-likeness (QED) is 0.841. The third-order valence-electron chi connectivity index (χ3n) is 3.12. The Kier molecular flexibility index (Phi) is 4.44. The Morgan fingerprint density at radius 2 is 2.06 bits per heavy atom. The Morgan fingerprint density at radius 1 is 1.22 bits per heavy atom. The SMILES string of the molecule is CNCCCc1nnc(-c2cccc(C)c2C)s1. The summed E-state index contributed by atoms with van der Waals surface area (Å²) in [6.45, 7) is 5.30. The van der Waals surface area contributed by atoms with E-state index in [0.29, 0.717) is 0 Å². The standard InChI is InChI=1S/C14H19N3S/c1-10-6-4-7-12(11(10)2)14-17-16-13(18-14)8-5-9-15-3/h4,6-7,15H,5,8-9H2,1-3H3. The monoisotopic (exact) mass is 261 g/mol. The molecule has 0 saturated heterocycles. The molecule has 1 N–H and O–H groups in total. The van der Waals surface area contributed by atoms with Gasteiger partial charge in [-0.3, -0.25) is 0 Å². The molecular formula is C14H19N3S. The van der Waals surface area contributed by atoms with Crippen LogP contribution in [0, 0.1) is 13.8 Å². The number of nitrogens with zero attached hydrogens (tertiary/aromatic N) is 2. The lowest BCUT2D eigenvalue weighted by molar-refractivity contribution is 0.718. The van der Waals surface area contributed by atoms with Gasteiger partial charge in [0.05, 0.1) is 0 Å². The summed E-state index contributed by atoms with van der Waals surface area (Å²) < 4.78 is 0. The number of aryl methyl sites for hydroxylation is 2. The van der Waals surface area contributed by atoms with Crippen molar-refractivity contribution >= 4 is 11.3 Å². The van der Waals surface area contributed by atoms with Crippen molar-refractivity contribution in [1.29, 1.82) is 0 Å². The fourth-order valence-corrected chi connectivity index (χ4v) is 2.83. The number of benzene rings is 1. The fourth-order valence-electron chi connectivity index (χ4n) is 1.86. The molecule has 0 bridgehead atoms. The molecule has 2 rings (SSSR count). The Hall–Kier alpha value is -1.26. The summed E-state index contributed by atoms with van der Waals surface area (Å²) >= 11 is 1.71. The maximum absolute atomic E-state index is 4.32. The van der Waals surface area contributed by atoms with Gasteiger partial charge in [-0.2, -0.15) is 0 Å². The molecule has 96 valence electrons. The van der Waals surface area contributed by atoms with Gasteiger partial charge >= 0.3 is 0 Å². The second-order valence-electron chi connectivity index (χ2n) is 4.46. The molecule has 1 aromatic heterocycles. The van der Waals surface area contributed by atoms with E-state index in [-0.39, 0.29) is 0 Å². The van der Waals surface area contributed by atoms with E-state index >= 15 is 0 Å².